The van der Waals surface area contributed by atoms with Gasteiger partial charge in [0, 0.05) is 24.2 Å². The van der Waals surface area contributed by atoms with Gasteiger partial charge in [-0.15, -0.1) is 11.3 Å². The summed E-state index contributed by atoms with van der Waals surface area (Å²) in [4.78, 5) is 11.0. The van der Waals surface area contributed by atoms with Gasteiger partial charge in [-0.1, -0.05) is 13.8 Å². The molecule has 0 unspecified atom stereocenters. The highest BCUT2D eigenvalue weighted by atomic mass is 32.2. The summed E-state index contributed by atoms with van der Waals surface area (Å²) in [5, 5.41) is 7.01. The number of hydrogen-bond donors (Lipinski definition) is 2. The van der Waals surface area contributed by atoms with Crippen LogP contribution in [-0.2, 0) is 16.3 Å². The number of aromatic nitrogens is 2. The van der Waals surface area contributed by atoms with E-state index in [-0.39, 0.29) is 11.5 Å². The van der Waals surface area contributed by atoms with Gasteiger partial charge in [0.25, 0.3) is 0 Å². The number of rotatable bonds is 7. The van der Waals surface area contributed by atoms with Crippen LogP contribution in [0.1, 0.15) is 18.7 Å². The van der Waals surface area contributed by atoms with E-state index in [0.29, 0.717) is 18.3 Å². The van der Waals surface area contributed by atoms with Crippen molar-refractivity contribution in [3.63, 3.8) is 0 Å². The Labute approximate surface area is 128 Å². The second-order valence-corrected chi connectivity index (χ2v) is 8.18. The van der Waals surface area contributed by atoms with Crippen LogP contribution in [0.2, 0.25) is 0 Å². The van der Waals surface area contributed by atoms with Crippen molar-refractivity contribution in [2.24, 2.45) is 0 Å². The fourth-order valence-corrected chi connectivity index (χ4v) is 3.53. The van der Waals surface area contributed by atoms with Crippen molar-refractivity contribution in [1.82, 2.24) is 9.97 Å². The Hall–Kier alpha value is -1.41. The molecule has 21 heavy (non-hydrogen) atoms. The monoisotopic (exact) mass is 328 g/mol. The average Bonchev–Trinajstić information content (AvgIpc) is 2.90. The molecule has 0 radical (unpaired) electrons. The van der Waals surface area contributed by atoms with Gasteiger partial charge in [-0.2, -0.15) is 4.98 Å². The van der Waals surface area contributed by atoms with E-state index in [1.165, 1.54) is 4.88 Å². The molecule has 2 rings (SSSR count). The van der Waals surface area contributed by atoms with Crippen LogP contribution in [0.15, 0.2) is 6.07 Å². The molecule has 0 aromatic carbocycles. The van der Waals surface area contributed by atoms with Crippen LogP contribution in [0.25, 0.3) is 10.2 Å². The van der Waals surface area contributed by atoms with Crippen LogP contribution in [0, 0.1) is 0 Å². The lowest BCUT2D eigenvalue weighted by Crippen LogP contribution is -2.18. The molecule has 0 atom stereocenters. The van der Waals surface area contributed by atoms with Crippen molar-refractivity contribution in [2.75, 3.05) is 35.7 Å². The Balaban J connectivity index is 2.26. The summed E-state index contributed by atoms with van der Waals surface area (Å²) in [6.07, 6.45) is 0.944. The maximum absolute atomic E-state index is 11.5. The van der Waals surface area contributed by atoms with Crippen molar-refractivity contribution in [3.05, 3.63) is 10.9 Å². The van der Waals surface area contributed by atoms with Crippen molar-refractivity contribution < 1.29 is 8.42 Å². The molecule has 0 aliphatic carbocycles. The van der Waals surface area contributed by atoms with Gasteiger partial charge in [-0.3, -0.25) is 0 Å². The van der Waals surface area contributed by atoms with Crippen LogP contribution in [-0.4, -0.2) is 43.5 Å². The van der Waals surface area contributed by atoms with Gasteiger partial charge in [0.2, 0.25) is 5.95 Å². The number of hydrogen-bond acceptors (Lipinski definition) is 7. The van der Waals surface area contributed by atoms with Gasteiger partial charge in [0.15, 0.2) is 9.84 Å². The van der Waals surface area contributed by atoms with Crippen molar-refractivity contribution in [3.8, 4) is 0 Å². The first-order valence-corrected chi connectivity index (χ1v) is 9.55. The van der Waals surface area contributed by atoms with E-state index in [1.807, 2.05) is 0 Å². The maximum atomic E-state index is 11.5. The molecule has 0 saturated heterocycles. The van der Waals surface area contributed by atoms with E-state index < -0.39 is 9.84 Å². The zero-order valence-corrected chi connectivity index (χ0v) is 14.1. The zero-order valence-electron chi connectivity index (χ0n) is 12.4. The summed E-state index contributed by atoms with van der Waals surface area (Å²) in [5.41, 5.74) is 0. The number of sulfone groups is 1. The van der Waals surface area contributed by atoms with Crippen LogP contribution >= 0.6 is 11.3 Å². The van der Waals surface area contributed by atoms with Crippen LogP contribution < -0.4 is 10.6 Å². The molecule has 0 fully saturated rings. The molecule has 0 saturated carbocycles. The Morgan fingerprint density at radius 3 is 2.67 bits per heavy atom. The third kappa shape index (κ3) is 3.82. The van der Waals surface area contributed by atoms with E-state index in [1.54, 1.807) is 25.3 Å². The minimum absolute atomic E-state index is 0.106. The fourth-order valence-electron chi connectivity index (χ4n) is 1.86. The normalized spacial score (nSPS) is 11.8. The van der Waals surface area contributed by atoms with Crippen molar-refractivity contribution >= 4 is 43.2 Å². The molecule has 0 bridgehead atoms. The molecule has 8 heteroatoms. The number of nitrogens with zero attached hydrogens (tertiary/aromatic N) is 2. The van der Waals surface area contributed by atoms with Crippen LogP contribution in [0.4, 0.5) is 11.8 Å². The molecule has 0 aliphatic rings. The summed E-state index contributed by atoms with van der Waals surface area (Å²) < 4.78 is 23.1. The standard InChI is InChI=1S/C13H20N4O2S2/c1-4-9-8-10-11(15-6-7-21(18,19)5-2)16-13(14-3)17-12(10)20-9/h8H,4-7H2,1-3H3,(H2,14,15,16,17). The first kappa shape index (κ1) is 16.0. The summed E-state index contributed by atoms with van der Waals surface area (Å²) >= 11 is 1.64. The Morgan fingerprint density at radius 1 is 1.29 bits per heavy atom. The Morgan fingerprint density at radius 2 is 2.05 bits per heavy atom. The third-order valence-electron chi connectivity index (χ3n) is 3.16. The lowest BCUT2D eigenvalue weighted by Gasteiger charge is -2.08. The van der Waals surface area contributed by atoms with Crippen molar-refractivity contribution in [1.29, 1.82) is 0 Å². The fraction of sp³-hybridized carbons (Fsp3) is 0.538. The largest absolute Gasteiger partial charge is 0.368 e. The van der Waals surface area contributed by atoms with Gasteiger partial charge < -0.3 is 10.6 Å². The second kappa shape index (κ2) is 6.57. The molecule has 0 spiro atoms. The first-order valence-electron chi connectivity index (χ1n) is 6.91. The molecule has 0 aliphatic heterocycles. The smallest absolute Gasteiger partial charge is 0.225 e. The van der Waals surface area contributed by atoms with Crippen molar-refractivity contribution in [2.45, 2.75) is 20.3 Å². The SMILES string of the molecule is CCc1cc2c(NCCS(=O)(=O)CC)nc(NC)nc2s1. The van der Waals surface area contributed by atoms with E-state index in [9.17, 15) is 8.42 Å². The third-order valence-corrected chi connectivity index (χ3v) is 6.04. The maximum Gasteiger partial charge on any atom is 0.225 e. The summed E-state index contributed by atoms with van der Waals surface area (Å²) in [5.74, 6) is 1.49. The highest BCUT2D eigenvalue weighted by Gasteiger charge is 2.12. The van der Waals surface area contributed by atoms with Gasteiger partial charge >= 0.3 is 0 Å². The minimum atomic E-state index is -2.98. The lowest BCUT2D eigenvalue weighted by atomic mass is 10.3. The topological polar surface area (TPSA) is 84.0 Å². The van der Waals surface area contributed by atoms with Gasteiger partial charge in [0.1, 0.15) is 10.6 Å². The lowest BCUT2D eigenvalue weighted by molar-refractivity contribution is 0.597. The number of fused-ring (bicyclic) bond motifs is 1. The predicted octanol–water partition coefficient (Wildman–Crippen LogP) is 2.14. The van der Waals surface area contributed by atoms with Crippen LogP contribution in [0.5, 0.6) is 0 Å². The molecule has 2 N–H and O–H groups in total. The summed E-state index contributed by atoms with van der Waals surface area (Å²) in [6, 6.07) is 2.07. The quantitative estimate of drug-likeness (QED) is 0.810. The molecular weight excluding hydrogens is 308 g/mol. The number of aryl methyl sites for hydroxylation is 1. The number of thiophene rings is 1. The zero-order chi connectivity index (χ0) is 15.5. The first-order chi connectivity index (χ1) is 9.99. The summed E-state index contributed by atoms with van der Waals surface area (Å²) in [7, 11) is -1.21. The minimum Gasteiger partial charge on any atom is -0.368 e. The Kier molecular flexibility index (Phi) is 5.00. The van der Waals surface area contributed by atoms with Gasteiger partial charge in [0.05, 0.1) is 11.1 Å². The molecule has 2 heterocycles. The molecule has 2 aromatic heterocycles. The van der Waals surface area contributed by atoms with Gasteiger partial charge in [-0.05, 0) is 12.5 Å². The van der Waals surface area contributed by atoms with E-state index in [0.717, 1.165) is 16.6 Å². The molecular formula is C13H20N4O2S2. The highest BCUT2D eigenvalue weighted by molar-refractivity contribution is 7.91. The van der Waals surface area contributed by atoms with Gasteiger partial charge in [-0.25, -0.2) is 13.4 Å². The number of nitrogens with one attached hydrogen (secondary N) is 2. The summed E-state index contributed by atoms with van der Waals surface area (Å²) in [6.45, 7) is 4.10. The molecule has 2 aromatic rings. The Bertz CT molecular complexity index is 725. The highest BCUT2D eigenvalue weighted by Crippen LogP contribution is 2.30. The molecule has 0 amide bonds. The van der Waals surface area contributed by atoms with Crippen LogP contribution in [0.3, 0.4) is 0 Å². The van der Waals surface area contributed by atoms with E-state index in [2.05, 4.69) is 33.6 Å². The number of anilines is 2. The van der Waals surface area contributed by atoms with E-state index in [4.69, 9.17) is 0 Å². The van der Waals surface area contributed by atoms with E-state index >= 15 is 0 Å². The predicted molar refractivity (Wildman–Crippen MR) is 89.2 cm³/mol. The second-order valence-electron chi connectivity index (χ2n) is 4.59. The average molecular weight is 328 g/mol. The molecule has 116 valence electrons. The molecule has 6 nitrogen and oxygen atoms in total.